The van der Waals surface area contributed by atoms with Crippen LogP contribution in [0.5, 0.6) is 0 Å². The number of amides is 1. The van der Waals surface area contributed by atoms with Gasteiger partial charge in [0, 0.05) is 12.2 Å². The molecule has 1 aromatic rings. The van der Waals surface area contributed by atoms with Crippen molar-refractivity contribution in [2.24, 2.45) is 5.92 Å². The predicted molar refractivity (Wildman–Crippen MR) is 95.1 cm³/mol. The van der Waals surface area contributed by atoms with Crippen LogP contribution in [-0.2, 0) is 30.4 Å². The van der Waals surface area contributed by atoms with E-state index in [-0.39, 0.29) is 25.7 Å². The number of carbonyl (C=O) groups excluding carboxylic acids is 3. The first-order valence-corrected chi connectivity index (χ1v) is 8.41. The SMILES string of the molecule is CCOC(=O)/C=C/C(=O)OC[C@@H](NC(=O)OCc1ccccc1)C(C)C. The van der Waals surface area contributed by atoms with Gasteiger partial charge in [-0.15, -0.1) is 0 Å². The molecule has 0 radical (unpaired) electrons. The first-order valence-electron chi connectivity index (χ1n) is 8.41. The van der Waals surface area contributed by atoms with E-state index in [9.17, 15) is 14.4 Å². The Morgan fingerprint density at radius 2 is 1.62 bits per heavy atom. The number of hydrogen-bond acceptors (Lipinski definition) is 6. The Morgan fingerprint density at radius 1 is 1.00 bits per heavy atom. The van der Waals surface area contributed by atoms with Crippen LogP contribution in [-0.4, -0.2) is 37.3 Å². The van der Waals surface area contributed by atoms with E-state index in [0.29, 0.717) is 0 Å². The van der Waals surface area contributed by atoms with Crippen LogP contribution in [0.3, 0.4) is 0 Å². The number of ether oxygens (including phenoxy) is 3. The maximum absolute atomic E-state index is 11.9. The Kier molecular flexibility index (Phi) is 9.53. The molecule has 7 heteroatoms. The molecular weight excluding hydrogens is 338 g/mol. The second-order valence-electron chi connectivity index (χ2n) is 5.77. The minimum absolute atomic E-state index is 0.0149. The number of rotatable bonds is 9. The lowest BCUT2D eigenvalue weighted by atomic mass is 10.1. The monoisotopic (exact) mass is 363 g/mol. The van der Waals surface area contributed by atoms with Crippen LogP contribution in [0.4, 0.5) is 4.79 Å². The number of nitrogens with one attached hydrogen (secondary N) is 1. The van der Waals surface area contributed by atoms with Crippen LogP contribution in [0.15, 0.2) is 42.5 Å². The molecule has 1 N–H and O–H groups in total. The van der Waals surface area contributed by atoms with Gasteiger partial charge in [0.25, 0.3) is 0 Å². The second kappa shape index (κ2) is 11.7. The lowest BCUT2D eigenvalue weighted by Gasteiger charge is -2.21. The van der Waals surface area contributed by atoms with E-state index in [4.69, 9.17) is 9.47 Å². The number of carbonyl (C=O) groups is 3. The van der Waals surface area contributed by atoms with Crippen LogP contribution in [0.1, 0.15) is 26.3 Å². The van der Waals surface area contributed by atoms with Crippen molar-refractivity contribution in [3.05, 3.63) is 48.0 Å². The Hall–Kier alpha value is -2.83. The van der Waals surface area contributed by atoms with E-state index >= 15 is 0 Å². The Bertz CT molecular complexity index is 612. The maximum atomic E-state index is 11.9. The normalized spacial score (nSPS) is 11.8. The molecule has 0 fully saturated rings. The molecule has 1 rings (SSSR count). The van der Waals surface area contributed by atoms with Gasteiger partial charge in [0.15, 0.2) is 0 Å². The van der Waals surface area contributed by atoms with Gasteiger partial charge in [0.1, 0.15) is 13.2 Å². The summed E-state index contributed by atoms with van der Waals surface area (Å²) in [7, 11) is 0. The third-order valence-corrected chi connectivity index (χ3v) is 3.37. The van der Waals surface area contributed by atoms with E-state index in [1.54, 1.807) is 6.92 Å². The first-order chi connectivity index (χ1) is 12.4. The molecule has 0 saturated carbocycles. The standard InChI is InChI=1S/C19H25NO6/c1-4-24-17(21)10-11-18(22)25-13-16(14(2)3)20-19(23)26-12-15-8-6-5-7-9-15/h5-11,14,16H,4,12-13H2,1-3H3,(H,20,23)/b11-10+/t16-/m1/s1. The van der Waals surface area contributed by atoms with E-state index < -0.39 is 24.1 Å². The molecule has 1 amide bonds. The highest BCUT2D eigenvalue weighted by atomic mass is 16.6. The molecule has 0 heterocycles. The summed E-state index contributed by atoms with van der Waals surface area (Å²) in [6.45, 7) is 5.76. The molecule has 142 valence electrons. The molecule has 0 bridgehead atoms. The van der Waals surface area contributed by atoms with Gasteiger partial charge in [-0.1, -0.05) is 44.2 Å². The van der Waals surface area contributed by atoms with Gasteiger partial charge in [0.05, 0.1) is 12.6 Å². The fourth-order valence-electron chi connectivity index (χ4n) is 1.86. The first kappa shape index (κ1) is 21.2. The van der Waals surface area contributed by atoms with Crippen molar-refractivity contribution in [1.82, 2.24) is 5.32 Å². The number of hydrogen-bond donors (Lipinski definition) is 1. The molecule has 1 aromatic carbocycles. The van der Waals surface area contributed by atoms with Crippen LogP contribution in [0.25, 0.3) is 0 Å². The number of alkyl carbamates (subject to hydrolysis) is 1. The Labute approximate surface area is 153 Å². The quantitative estimate of drug-likeness (QED) is 0.412. The topological polar surface area (TPSA) is 90.9 Å². The molecule has 7 nitrogen and oxygen atoms in total. The molecule has 0 spiro atoms. The zero-order chi connectivity index (χ0) is 19.4. The van der Waals surface area contributed by atoms with E-state index in [2.05, 4.69) is 10.1 Å². The summed E-state index contributed by atoms with van der Waals surface area (Å²) in [6, 6.07) is 8.88. The maximum Gasteiger partial charge on any atom is 0.407 e. The van der Waals surface area contributed by atoms with Gasteiger partial charge in [-0.05, 0) is 18.4 Å². The summed E-state index contributed by atoms with van der Waals surface area (Å²) in [5.41, 5.74) is 0.874. The third kappa shape index (κ3) is 8.86. The van der Waals surface area contributed by atoms with Crippen molar-refractivity contribution < 1.29 is 28.6 Å². The minimum Gasteiger partial charge on any atom is -0.463 e. The van der Waals surface area contributed by atoms with Gasteiger partial charge >= 0.3 is 18.0 Å². The highest BCUT2D eigenvalue weighted by Gasteiger charge is 2.18. The molecule has 0 aromatic heterocycles. The summed E-state index contributed by atoms with van der Waals surface area (Å²) in [6.07, 6.45) is 1.40. The van der Waals surface area contributed by atoms with Gasteiger partial charge in [0.2, 0.25) is 0 Å². The number of esters is 2. The van der Waals surface area contributed by atoms with Crippen molar-refractivity contribution in [3.63, 3.8) is 0 Å². The Morgan fingerprint density at radius 3 is 2.19 bits per heavy atom. The minimum atomic E-state index is -0.692. The fraction of sp³-hybridized carbons (Fsp3) is 0.421. The molecular formula is C19H25NO6. The molecule has 26 heavy (non-hydrogen) atoms. The summed E-state index contributed by atoms with van der Waals surface area (Å²) in [4.78, 5) is 34.7. The van der Waals surface area contributed by atoms with Crippen LogP contribution < -0.4 is 5.32 Å². The summed E-state index contributed by atoms with van der Waals surface area (Å²) >= 11 is 0. The average molecular weight is 363 g/mol. The van der Waals surface area contributed by atoms with Crippen LogP contribution in [0, 0.1) is 5.92 Å². The van der Waals surface area contributed by atoms with Crippen molar-refractivity contribution in [2.75, 3.05) is 13.2 Å². The van der Waals surface area contributed by atoms with Gasteiger partial charge in [-0.2, -0.15) is 0 Å². The predicted octanol–water partition coefficient (Wildman–Crippen LogP) is 2.60. The summed E-state index contributed by atoms with van der Waals surface area (Å²) < 4.78 is 14.9. The second-order valence-corrected chi connectivity index (χ2v) is 5.77. The fourth-order valence-corrected chi connectivity index (χ4v) is 1.86. The highest BCUT2D eigenvalue weighted by molar-refractivity contribution is 5.91. The van der Waals surface area contributed by atoms with Crippen molar-refractivity contribution in [3.8, 4) is 0 Å². The number of benzene rings is 1. The lowest BCUT2D eigenvalue weighted by Crippen LogP contribution is -2.42. The van der Waals surface area contributed by atoms with Crippen molar-refractivity contribution in [1.29, 1.82) is 0 Å². The summed E-state index contributed by atoms with van der Waals surface area (Å²) in [5, 5.41) is 2.67. The van der Waals surface area contributed by atoms with E-state index in [0.717, 1.165) is 17.7 Å². The Balaban J connectivity index is 2.41. The molecule has 1 atom stereocenters. The van der Waals surface area contributed by atoms with Gasteiger partial charge in [-0.3, -0.25) is 0 Å². The third-order valence-electron chi connectivity index (χ3n) is 3.37. The zero-order valence-electron chi connectivity index (χ0n) is 15.3. The summed E-state index contributed by atoms with van der Waals surface area (Å²) in [5.74, 6) is -1.29. The van der Waals surface area contributed by atoms with Crippen molar-refractivity contribution >= 4 is 18.0 Å². The molecule has 0 saturated heterocycles. The van der Waals surface area contributed by atoms with E-state index in [1.165, 1.54) is 0 Å². The smallest absolute Gasteiger partial charge is 0.407 e. The zero-order valence-corrected chi connectivity index (χ0v) is 15.3. The van der Waals surface area contributed by atoms with Gasteiger partial charge in [-0.25, -0.2) is 14.4 Å². The van der Waals surface area contributed by atoms with Crippen LogP contribution in [0.2, 0.25) is 0 Å². The van der Waals surface area contributed by atoms with E-state index in [1.807, 2.05) is 44.2 Å². The molecule has 0 aliphatic heterocycles. The van der Waals surface area contributed by atoms with Gasteiger partial charge < -0.3 is 19.5 Å². The van der Waals surface area contributed by atoms with Crippen LogP contribution >= 0.6 is 0 Å². The highest BCUT2D eigenvalue weighted by Crippen LogP contribution is 2.05. The molecule has 0 aliphatic carbocycles. The average Bonchev–Trinajstić information content (AvgIpc) is 2.62. The molecule has 0 aliphatic rings. The largest absolute Gasteiger partial charge is 0.463 e. The molecule has 0 unspecified atom stereocenters. The lowest BCUT2D eigenvalue weighted by molar-refractivity contribution is -0.140. The van der Waals surface area contributed by atoms with Crippen molar-refractivity contribution in [2.45, 2.75) is 33.4 Å².